The maximum atomic E-state index is 11.9. The third-order valence-electron chi connectivity index (χ3n) is 3.99. The van der Waals surface area contributed by atoms with Crippen LogP contribution >= 0.6 is 0 Å². The third-order valence-corrected chi connectivity index (χ3v) is 3.99. The van der Waals surface area contributed by atoms with Gasteiger partial charge in [-0.2, -0.15) is 0 Å². The Bertz CT molecular complexity index is 455. The number of hydrogen-bond acceptors (Lipinski definition) is 5. The molecule has 2 N–H and O–H groups in total. The van der Waals surface area contributed by atoms with Crippen molar-refractivity contribution in [2.24, 2.45) is 11.8 Å². The van der Waals surface area contributed by atoms with Gasteiger partial charge in [0.25, 0.3) is 0 Å². The Morgan fingerprint density at radius 2 is 2.00 bits per heavy atom. The first kappa shape index (κ1) is 21.5. The molecular weight excluding hydrogens is 320 g/mol. The fourth-order valence-corrected chi connectivity index (χ4v) is 2.54. The Morgan fingerprint density at radius 1 is 1.28 bits per heavy atom. The zero-order valence-corrected chi connectivity index (χ0v) is 16.3. The van der Waals surface area contributed by atoms with Crippen LogP contribution in [0, 0.1) is 11.8 Å². The van der Waals surface area contributed by atoms with E-state index < -0.39 is 11.7 Å². The molecule has 0 aromatic heterocycles. The molecule has 2 atom stereocenters. The van der Waals surface area contributed by atoms with E-state index in [9.17, 15) is 9.59 Å². The van der Waals surface area contributed by atoms with E-state index in [2.05, 4.69) is 22.8 Å². The molecule has 0 radical (unpaired) electrons. The summed E-state index contributed by atoms with van der Waals surface area (Å²) in [5, 5.41) is 5.91. The van der Waals surface area contributed by atoms with Crippen molar-refractivity contribution in [3.8, 4) is 0 Å². The molecule has 1 amide bonds. The summed E-state index contributed by atoms with van der Waals surface area (Å²) in [5.74, 6) is 0.332. The average Bonchev–Trinajstić information content (AvgIpc) is 2.51. The van der Waals surface area contributed by atoms with Crippen LogP contribution in [0.25, 0.3) is 0 Å². The summed E-state index contributed by atoms with van der Waals surface area (Å²) in [6.07, 6.45) is 7.18. The zero-order valence-electron chi connectivity index (χ0n) is 16.3. The van der Waals surface area contributed by atoms with E-state index in [1.54, 1.807) is 0 Å². The lowest BCUT2D eigenvalue weighted by molar-refractivity contribution is -0.143. The van der Waals surface area contributed by atoms with Crippen LogP contribution < -0.4 is 10.6 Å². The zero-order chi connectivity index (χ0) is 18.9. The topological polar surface area (TPSA) is 76.7 Å². The molecule has 25 heavy (non-hydrogen) atoms. The number of ether oxygens (including phenoxy) is 2. The predicted molar refractivity (Wildman–Crippen MR) is 98.3 cm³/mol. The van der Waals surface area contributed by atoms with Crippen LogP contribution in [0.1, 0.15) is 53.9 Å². The number of carbonyl (C=O) groups excluding carboxylic acids is 2. The summed E-state index contributed by atoms with van der Waals surface area (Å²) in [7, 11) is 0. The molecule has 6 heteroatoms. The Labute approximate surface area is 151 Å². The summed E-state index contributed by atoms with van der Waals surface area (Å²) in [6, 6.07) is -0.0327. The summed E-state index contributed by atoms with van der Waals surface area (Å²) >= 11 is 0. The lowest BCUT2D eigenvalue weighted by Gasteiger charge is -2.24. The van der Waals surface area contributed by atoms with E-state index in [0.717, 1.165) is 19.3 Å². The normalized spacial score (nSPS) is 18.7. The van der Waals surface area contributed by atoms with Crippen molar-refractivity contribution < 1.29 is 19.1 Å². The van der Waals surface area contributed by atoms with Crippen molar-refractivity contribution in [3.63, 3.8) is 0 Å². The van der Waals surface area contributed by atoms with Crippen molar-refractivity contribution in [1.29, 1.82) is 0 Å². The van der Waals surface area contributed by atoms with Crippen LogP contribution in [0.4, 0.5) is 4.79 Å². The molecule has 0 heterocycles. The highest BCUT2D eigenvalue weighted by molar-refractivity contribution is 5.71. The van der Waals surface area contributed by atoms with Crippen molar-refractivity contribution in [1.82, 2.24) is 10.6 Å². The second kappa shape index (κ2) is 10.4. The van der Waals surface area contributed by atoms with Crippen LogP contribution in [0.5, 0.6) is 0 Å². The lowest BCUT2D eigenvalue weighted by atomic mass is 9.97. The van der Waals surface area contributed by atoms with E-state index in [0.29, 0.717) is 19.1 Å². The SMILES string of the molecule is CC(C)C(CNC(=O)OC(C)(C)C)NCC(=O)OCC1C=CCCC1. The summed E-state index contributed by atoms with van der Waals surface area (Å²) in [4.78, 5) is 23.7. The average molecular weight is 354 g/mol. The molecular formula is C19H34N2O4. The number of nitrogens with one attached hydrogen (secondary N) is 2. The predicted octanol–water partition coefficient (Wildman–Crippen LogP) is 3.02. The number of alkyl carbamates (subject to hydrolysis) is 1. The molecule has 1 rings (SSSR count). The molecule has 0 saturated heterocycles. The highest BCUT2D eigenvalue weighted by atomic mass is 16.6. The van der Waals surface area contributed by atoms with Gasteiger partial charge < -0.3 is 20.1 Å². The first-order chi connectivity index (χ1) is 11.7. The molecule has 0 bridgehead atoms. The maximum Gasteiger partial charge on any atom is 0.407 e. The van der Waals surface area contributed by atoms with Crippen molar-refractivity contribution in [3.05, 3.63) is 12.2 Å². The fraction of sp³-hybridized carbons (Fsp3) is 0.789. The molecule has 1 aliphatic rings. The van der Waals surface area contributed by atoms with Gasteiger partial charge in [0.2, 0.25) is 0 Å². The summed E-state index contributed by atoms with van der Waals surface area (Å²) < 4.78 is 10.6. The van der Waals surface area contributed by atoms with Gasteiger partial charge in [-0.3, -0.25) is 4.79 Å². The van der Waals surface area contributed by atoms with Crippen LogP contribution in [-0.4, -0.2) is 43.4 Å². The van der Waals surface area contributed by atoms with Crippen LogP contribution in [-0.2, 0) is 14.3 Å². The van der Waals surface area contributed by atoms with Gasteiger partial charge >= 0.3 is 12.1 Å². The molecule has 0 aliphatic heterocycles. The molecule has 0 fully saturated rings. The van der Waals surface area contributed by atoms with E-state index in [1.807, 2.05) is 34.6 Å². The molecule has 0 spiro atoms. The van der Waals surface area contributed by atoms with Crippen LogP contribution in [0.15, 0.2) is 12.2 Å². The van der Waals surface area contributed by atoms with E-state index >= 15 is 0 Å². The van der Waals surface area contributed by atoms with Gasteiger partial charge in [0.05, 0.1) is 13.2 Å². The fourth-order valence-electron chi connectivity index (χ4n) is 2.54. The van der Waals surface area contributed by atoms with Gasteiger partial charge in [-0.15, -0.1) is 0 Å². The first-order valence-corrected chi connectivity index (χ1v) is 9.20. The molecule has 0 aromatic rings. The Balaban J connectivity index is 2.29. The number of hydrogen-bond donors (Lipinski definition) is 2. The van der Waals surface area contributed by atoms with Crippen molar-refractivity contribution in [2.75, 3.05) is 19.7 Å². The molecule has 1 aliphatic carbocycles. The first-order valence-electron chi connectivity index (χ1n) is 9.20. The third kappa shape index (κ3) is 10.1. The Hall–Kier alpha value is -1.56. The van der Waals surface area contributed by atoms with E-state index in [-0.39, 0.29) is 24.5 Å². The van der Waals surface area contributed by atoms with Gasteiger partial charge in [0, 0.05) is 18.5 Å². The number of esters is 1. The largest absolute Gasteiger partial charge is 0.464 e. The van der Waals surface area contributed by atoms with Gasteiger partial charge in [-0.05, 0) is 46.0 Å². The highest BCUT2D eigenvalue weighted by Crippen LogP contribution is 2.17. The monoisotopic (exact) mass is 354 g/mol. The minimum absolute atomic E-state index is 0.0327. The van der Waals surface area contributed by atoms with Gasteiger partial charge in [0.15, 0.2) is 0 Å². The number of amides is 1. The summed E-state index contributed by atoms with van der Waals surface area (Å²) in [5.41, 5.74) is -0.526. The summed E-state index contributed by atoms with van der Waals surface area (Å²) in [6.45, 7) is 10.5. The number of rotatable bonds is 8. The Kier molecular flexibility index (Phi) is 8.97. The van der Waals surface area contributed by atoms with Crippen LogP contribution in [0.2, 0.25) is 0 Å². The van der Waals surface area contributed by atoms with E-state index in [1.165, 1.54) is 0 Å². The number of carbonyl (C=O) groups is 2. The quantitative estimate of drug-likeness (QED) is 0.517. The minimum Gasteiger partial charge on any atom is -0.464 e. The lowest BCUT2D eigenvalue weighted by Crippen LogP contribution is -2.47. The maximum absolute atomic E-state index is 11.9. The minimum atomic E-state index is -0.526. The second-order valence-corrected chi connectivity index (χ2v) is 7.92. The van der Waals surface area contributed by atoms with Crippen LogP contribution in [0.3, 0.4) is 0 Å². The van der Waals surface area contributed by atoms with Crippen molar-refractivity contribution >= 4 is 12.1 Å². The van der Waals surface area contributed by atoms with Gasteiger partial charge in [-0.25, -0.2) is 4.79 Å². The smallest absolute Gasteiger partial charge is 0.407 e. The Morgan fingerprint density at radius 3 is 2.56 bits per heavy atom. The molecule has 6 nitrogen and oxygen atoms in total. The van der Waals surface area contributed by atoms with Gasteiger partial charge in [0.1, 0.15) is 5.60 Å². The molecule has 0 saturated carbocycles. The van der Waals surface area contributed by atoms with E-state index in [4.69, 9.17) is 9.47 Å². The molecule has 2 unspecified atom stereocenters. The molecule has 144 valence electrons. The second-order valence-electron chi connectivity index (χ2n) is 7.92. The highest BCUT2D eigenvalue weighted by Gasteiger charge is 2.20. The van der Waals surface area contributed by atoms with Crippen molar-refractivity contribution in [2.45, 2.75) is 65.5 Å². The van der Waals surface area contributed by atoms with Gasteiger partial charge in [-0.1, -0.05) is 26.0 Å². The molecule has 0 aromatic carbocycles. The number of allylic oxidation sites excluding steroid dienone is 1. The standard InChI is InChI=1S/C19H34N2O4/c1-14(2)16(11-21-18(23)25-19(3,4)5)20-12-17(22)24-13-15-9-7-6-8-10-15/h7,9,14-16,20H,6,8,10-13H2,1-5H3,(H,21,23).